The summed E-state index contributed by atoms with van der Waals surface area (Å²) in [7, 11) is 0. The Morgan fingerprint density at radius 2 is 1.63 bits per heavy atom. The van der Waals surface area contributed by atoms with Crippen molar-refractivity contribution in [1.82, 2.24) is 14.5 Å². The van der Waals surface area contributed by atoms with Crippen molar-refractivity contribution in [2.24, 2.45) is 0 Å². The second kappa shape index (κ2) is 8.08. The smallest absolute Gasteiger partial charge is 0.209 e. The molecule has 0 fully saturated rings. The summed E-state index contributed by atoms with van der Waals surface area (Å²) in [6, 6.07) is 25.7. The van der Waals surface area contributed by atoms with Crippen molar-refractivity contribution in [3.63, 3.8) is 0 Å². The molecule has 6 heteroatoms. The number of benzene rings is 3. The quantitative estimate of drug-likeness (QED) is 0.269. The molecule has 0 aliphatic rings. The van der Waals surface area contributed by atoms with Crippen LogP contribution in [0, 0.1) is 0 Å². The first kappa shape index (κ1) is 22.4. The number of ether oxygens (including phenoxy) is 1. The van der Waals surface area contributed by atoms with E-state index in [-0.39, 0.29) is 10.8 Å². The summed E-state index contributed by atoms with van der Waals surface area (Å²) in [6.45, 7) is 6.62. The molecule has 0 saturated heterocycles. The minimum Gasteiger partial charge on any atom is -0.457 e. The maximum Gasteiger partial charge on any atom is 0.209 e. The Bertz CT molecular complexity index is 2070. The minimum atomic E-state index is -0.0921. The lowest BCUT2D eigenvalue weighted by Crippen LogP contribution is -2.12. The first-order chi connectivity index (χ1) is 18.4. The third-order valence-corrected chi connectivity index (χ3v) is 7.08. The highest BCUT2D eigenvalue weighted by molar-refractivity contribution is 6.09. The molecule has 0 bridgehead atoms. The number of hydrogen-bond donors (Lipinski definition) is 1. The first-order valence-corrected chi connectivity index (χ1v) is 12.6. The zero-order valence-electron chi connectivity index (χ0n) is 21.3. The number of fused-ring (bicyclic) bond motifs is 6. The number of hydrogen-bond acceptors (Lipinski definition) is 4. The molecule has 38 heavy (non-hydrogen) atoms. The van der Waals surface area contributed by atoms with Gasteiger partial charge in [0, 0.05) is 40.7 Å². The summed E-state index contributed by atoms with van der Waals surface area (Å²) < 4.78 is 14.3. The summed E-state index contributed by atoms with van der Waals surface area (Å²) in [5.74, 6) is 2.18. The van der Waals surface area contributed by atoms with Crippen LogP contribution in [0.2, 0.25) is 0 Å². The molecule has 0 atom stereocenters. The highest BCUT2D eigenvalue weighted by Crippen LogP contribution is 2.36. The monoisotopic (exact) mass is 499 g/mol. The Balaban J connectivity index is 1.38. The average molecular weight is 500 g/mol. The molecule has 7 rings (SSSR count). The SMILES string of the molecule is CC(C)(C)c1ccnc(-n2c3ccccc3c3ccc(Oc4ccc5oc6[nH]ccc(=O)c6c5c4)cc32)c1. The molecule has 4 aromatic heterocycles. The number of para-hydroxylation sites is 1. The van der Waals surface area contributed by atoms with Crippen molar-refractivity contribution in [2.75, 3.05) is 0 Å². The number of furan rings is 1. The standard InChI is InChI=1S/C32H25N3O3/c1-32(2,3)19-12-14-33-29(16-19)35-25-7-5-4-6-22(25)23-10-8-21(18-26(23)35)37-20-9-11-28-24(17-20)30-27(36)13-15-34-31(30)38-28/h4-18H,1-3H3,(H,34,36). The molecule has 7 aromatic rings. The Labute approximate surface area is 218 Å². The van der Waals surface area contributed by atoms with Gasteiger partial charge in [-0.25, -0.2) is 4.98 Å². The number of nitrogens with zero attached hydrogens (tertiary/aromatic N) is 2. The van der Waals surface area contributed by atoms with Crippen molar-refractivity contribution < 1.29 is 9.15 Å². The van der Waals surface area contributed by atoms with Crippen LogP contribution in [0.25, 0.3) is 49.7 Å². The van der Waals surface area contributed by atoms with Gasteiger partial charge in [0.15, 0.2) is 5.43 Å². The van der Waals surface area contributed by atoms with Crippen molar-refractivity contribution >= 4 is 43.9 Å². The Morgan fingerprint density at radius 1 is 0.842 bits per heavy atom. The van der Waals surface area contributed by atoms with Gasteiger partial charge in [0.25, 0.3) is 0 Å². The van der Waals surface area contributed by atoms with Crippen molar-refractivity contribution in [3.05, 3.63) is 107 Å². The van der Waals surface area contributed by atoms with Crippen LogP contribution >= 0.6 is 0 Å². The van der Waals surface area contributed by atoms with Crippen molar-refractivity contribution in [2.45, 2.75) is 26.2 Å². The van der Waals surface area contributed by atoms with Crippen LogP contribution in [-0.2, 0) is 5.41 Å². The van der Waals surface area contributed by atoms with Crippen LogP contribution in [0.4, 0.5) is 0 Å². The first-order valence-electron chi connectivity index (χ1n) is 12.6. The molecule has 0 saturated carbocycles. The second-order valence-corrected chi connectivity index (χ2v) is 10.6. The summed E-state index contributed by atoms with van der Waals surface area (Å²) >= 11 is 0. The maximum atomic E-state index is 12.5. The second-order valence-electron chi connectivity index (χ2n) is 10.6. The van der Waals surface area contributed by atoms with Crippen molar-refractivity contribution in [3.8, 4) is 17.3 Å². The number of nitrogens with one attached hydrogen (secondary N) is 1. The summed E-state index contributed by atoms with van der Waals surface area (Å²) in [5.41, 5.74) is 4.31. The van der Waals surface area contributed by atoms with Gasteiger partial charge in [-0.2, -0.15) is 0 Å². The third-order valence-electron chi connectivity index (χ3n) is 7.08. The van der Waals surface area contributed by atoms with Crippen LogP contribution in [0.1, 0.15) is 26.3 Å². The van der Waals surface area contributed by atoms with E-state index in [9.17, 15) is 4.79 Å². The number of pyridine rings is 2. The number of aromatic amines is 1. The molecule has 0 unspecified atom stereocenters. The normalized spacial score (nSPS) is 12.2. The van der Waals surface area contributed by atoms with E-state index in [0.717, 1.165) is 33.0 Å². The van der Waals surface area contributed by atoms with E-state index >= 15 is 0 Å². The lowest BCUT2D eigenvalue weighted by Gasteiger charge is -2.20. The van der Waals surface area contributed by atoms with Gasteiger partial charge in [-0.1, -0.05) is 39.0 Å². The Hall–Kier alpha value is -4.84. The van der Waals surface area contributed by atoms with Gasteiger partial charge in [0.1, 0.15) is 22.9 Å². The van der Waals surface area contributed by atoms with Crippen molar-refractivity contribution in [1.29, 1.82) is 0 Å². The molecule has 1 N–H and O–H groups in total. The predicted octanol–water partition coefficient (Wildman–Crippen LogP) is 7.86. The average Bonchev–Trinajstić information content (AvgIpc) is 3.44. The fourth-order valence-corrected chi connectivity index (χ4v) is 5.17. The number of rotatable bonds is 3. The maximum absolute atomic E-state index is 12.5. The van der Waals surface area contributed by atoms with E-state index in [2.05, 4.69) is 72.8 Å². The van der Waals surface area contributed by atoms with Gasteiger partial charge in [-0.3, -0.25) is 9.36 Å². The van der Waals surface area contributed by atoms with Crippen LogP contribution in [0.5, 0.6) is 11.5 Å². The summed E-state index contributed by atoms with van der Waals surface area (Å²) in [5, 5.41) is 3.52. The van der Waals surface area contributed by atoms with Crippen LogP contribution < -0.4 is 10.2 Å². The molecule has 0 radical (unpaired) electrons. The van der Waals surface area contributed by atoms with E-state index < -0.39 is 0 Å². The van der Waals surface area contributed by atoms with E-state index in [1.807, 2.05) is 36.5 Å². The number of H-pyrrole nitrogens is 1. The van der Waals surface area contributed by atoms with Crippen LogP contribution in [-0.4, -0.2) is 14.5 Å². The van der Waals surface area contributed by atoms with E-state index in [1.54, 1.807) is 6.20 Å². The fraction of sp³-hybridized carbons (Fsp3) is 0.125. The lowest BCUT2D eigenvalue weighted by molar-refractivity contribution is 0.484. The van der Waals surface area contributed by atoms with E-state index in [1.165, 1.54) is 11.6 Å². The zero-order valence-corrected chi connectivity index (χ0v) is 21.3. The van der Waals surface area contributed by atoms with Gasteiger partial charge in [-0.05, 0) is 59.5 Å². The van der Waals surface area contributed by atoms with E-state index in [4.69, 9.17) is 14.1 Å². The number of aromatic nitrogens is 3. The molecular weight excluding hydrogens is 474 g/mol. The molecular formula is C32H25N3O3. The lowest BCUT2D eigenvalue weighted by atomic mass is 9.88. The minimum absolute atomic E-state index is 0.00232. The van der Waals surface area contributed by atoms with E-state index in [0.29, 0.717) is 28.2 Å². The Morgan fingerprint density at radius 3 is 2.50 bits per heavy atom. The molecule has 0 spiro atoms. The zero-order chi connectivity index (χ0) is 26.0. The molecule has 0 amide bonds. The van der Waals surface area contributed by atoms with Gasteiger partial charge in [0.2, 0.25) is 5.71 Å². The van der Waals surface area contributed by atoms with Gasteiger partial charge < -0.3 is 14.1 Å². The highest BCUT2D eigenvalue weighted by atomic mass is 16.5. The Kier molecular flexibility index (Phi) is 4.76. The fourth-order valence-electron chi connectivity index (χ4n) is 5.17. The van der Waals surface area contributed by atoms with Crippen LogP contribution in [0.15, 0.2) is 100 Å². The van der Waals surface area contributed by atoms with Crippen LogP contribution in [0.3, 0.4) is 0 Å². The molecule has 186 valence electrons. The topological polar surface area (TPSA) is 73.0 Å². The summed E-state index contributed by atoms with van der Waals surface area (Å²) in [6.07, 6.45) is 3.47. The third kappa shape index (κ3) is 3.49. The highest BCUT2D eigenvalue weighted by Gasteiger charge is 2.18. The van der Waals surface area contributed by atoms with Gasteiger partial charge in [0.05, 0.1) is 16.4 Å². The predicted molar refractivity (Wildman–Crippen MR) is 152 cm³/mol. The molecule has 0 aliphatic carbocycles. The molecule has 3 aromatic carbocycles. The van der Waals surface area contributed by atoms with Gasteiger partial charge in [-0.15, -0.1) is 0 Å². The largest absolute Gasteiger partial charge is 0.457 e. The van der Waals surface area contributed by atoms with Gasteiger partial charge >= 0.3 is 0 Å². The summed E-state index contributed by atoms with van der Waals surface area (Å²) in [4.78, 5) is 20.2. The molecule has 0 aliphatic heterocycles. The molecule has 6 nitrogen and oxygen atoms in total. The molecule has 4 heterocycles.